The second kappa shape index (κ2) is 4.35. The van der Waals surface area contributed by atoms with Crippen molar-refractivity contribution >= 4 is 21.6 Å². The number of fused-ring (bicyclic) bond motifs is 1. The lowest BCUT2D eigenvalue weighted by Gasteiger charge is -2.10. The normalized spacial score (nSPS) is 11.1. The Labute approximate surface area is 117 Å². The van der Waals surface area contributed by atoms with E-state index in [4.69, 9.17) is 0 Å². The van der Waals surface area contributed by atoms with Gasteiger partial charge < -0.3 is 0 Å². The zero-order chi connectivity index (χ0) is 13.6. The number of nitrogens with zero attached hydrogens (tertiary/aromatic N) is 2. The van der Waals surface area contributed by atoms with Crippen LogP contribution < -0.4 is 5.56 Å². The molecule has 0 spiro atoms. The van der Waals surface area contributed by atoms with Gasteiger partial charge in [0.2, 0.25) is 5.95 Å². The van der Waals surface area contributed by atoms with Crippen LogP contribution in [0.15, 0.2) is 51.9 Å². The summed E-state index contributed by atoms with van der Waals surface area (Å²) in [6, 6.07) is 9.99. The molecule has 0 bridgehead atoms. The number of aromatic nitrogens is 2. The van der Waals surface area contributed by atoms with Crippen LogP contribution in [0.25, 0.3) is 11.3 Å². The molecular formula is C14H10BrFN2O. The van der Waals surface area contributed by atoms with Gasteiger partial charge in [-0.3, -0.25) is 13.8 Å². The molecule has 96 valence electrons. The zero-order valence-corrected chi connectivity index (χ0v) is 11.7. The molecule has 0 fully saturated rings. The van der Waals surface area contributed by atoms with Gasteiger partial charge in [0, 0.05) is 10.7 Å². The van der Waals surface area contributed by atoms with Gasteiger partial charge >= 0.3 is 0 Å². The molecule has 2 heterocycles. The van der Waals surface area contributed by atoms with Crippen LogP contribution in [0.4, 0.5) is 4.39 Å². The fraction of sp³-hybridized carbons (Fsp3) is 0.0714. The summed E-state index contributed by atoms with van der Waals surface area (Å²) < 4.78 is 17.5. The monoisotopic (exact) mass is 320 g/mol. The fourth-order valence-corrected chi connectivity index (χ4v) is 2.36. The SMILES string of the molecule is Cc1cc(-n2c(=O)cc(F)n3cccc23)ccc1Br. The highest BCUT2D eigenvalue weighted by atomic mass is 79.9. The van der Waals surface area contributed by atoms with Crippen molar-refractivity contribution in [3.05, 3.63) is 68.9 Å². The third-order valence-corrected chi connectivity index (χ3v) is 3.94. The molecular weight excluding hydrogens is 311 g/mol. The van der Waals surface area contributed by atoms with Crippen LogP contribution in [0, 0.1) is 12.9 Å². The van der Waals surface area contributed by atoms with E-state index in [-0.39, 0.29) is 5.56 Å². The molecule has 5 heteroatoms. The summed E-state index contributed by atoms with van der Waals surface area (Å²) in [4.78, 5) is 12.0. The maximum Gasteiger partial charge on any atom is 0.261 e. The van der Waals surface area contributed by atoms with E-state index in [1.165, 1.54) is 8.97 Å². The van der Waals surface area contributed by atoms with Crippen LogP contribution in [0.3, 0.4) is 0 Å². The first-order chi connectivity index (χ1) is 9.08. The Morgan fingerprint density at radius 1 is 1.21 bits per heavy atom. The third-order valence-electron chi connectivity index (χ3n) is 3.05. The first-order valence-corrected chi connectivity index (χ1v) is 6.52. The van der Waals surface area contributed by atoms with E-state index in [1.54, 1.807) is 18.3 Å². The van der Waals surface area contributed by atoms with E-state index < -0.39 is 5.95 Å². The first-order valence-electron chi connectivity index (χ1n) is 5.73. The second-order valence-electron chi connectivity index (χ2n) is 4.31. The summed E-state index contributed by atoms with van der Waals surface area (Å²) in [5.74, 6) is -0.560. The number of benzene rings is 1. The van der Waals surface area contributed by atoms with Crippen molar-refractivity contribution in [3.8, 4) is 5.69 Å². The number of halogens is 2. The molecule has 0 aliphatic rings. The van der Waals surface area contributed by atoms with Crippen molar-refractivity contribution in [1.29, 1.82) is 0 Å². The van der Waals surface area contributed by atoms with E-state index in [9.17, 15) is 9.18 Å². The molecule has 0 aliphatic carbocycles. The molecule has 0 N–H and O–H groups in total. The Bertz CT molecular complexity index is 835. The quantitative estimate of drug-likeness (QED) is 0.632. The molecule has 0 saturated carbocycles. The van der Waals surface area contributed by atoms with Crippen LogP contribution in [-0.2, 0) is 0 Å². The minimum atomic E-state index is -0.560. The van der Waals surface area contributed by atoms with Crippen LogP contribution in [0.2, 0.25) is 0 Å². The summed E-state index contributed by atoms with van der Waals surface area (Å²) in [6.45, 7) is 1.94. The minimum Gasteiger partial charge on any atom is -0.279 e. The second-order valence-corrected chi connectivity index (χ2v) is 5.16. The summed E-state index contributed by atoms with van der Waals surface area (Å²) in [5.41, 5.74) is 1.85. The third kappa shape index (κ3) is 1.90. The van der Waals surface area contributed by atoms with Crippen LogP contribution in [0.1, 0.15) is 5.56 Å². The van der Waals surface area contributed by atoms with Crippen LogP contribution in [0.5, 0.6) is 0 Å². The minimum absolute atomic E-state index is 0.384. The zero-order valence-electron chi connectivity index (χ0n) is 10.1. The van der Waals surface area contributed by atoms with Gasteiger partial charge in [-0.15, -0.1) is 0 Å². The van der Waals surface area contributed by atoms with Crippen molar-refractivity contribution < 1.29 is 4.39 Å². The van der Waals surface area contributed by atoms with Crippen molar-refractivity contribution in [2.45, 2.75) is 6.92 Å². The standard InChI is InChI=1S/C14H10BrFN2O/c1-9-7-10(4-5-11(9)15)18-13-3-2-6-17(13)12(16)8-14(18)19/h2-8H,1H3. The van der Waals surface area contributed by atoms with Crippen molar-refractivity contribution in [3.63, 3.8) is 0 Å². The summed E-state index contributed by atoms with van der Waals surface area (Å²) >= 11 is 3.42. The molecule has 19 heavy (non-hydrogen) atoms. The molecule has 3 aromatic rings. The van der Waals surface area contributed by atoms with Crippen LogP contribution in [-0.4, -0.2) is 8.97 Å². The highest BCUT2D eigenvalue weighted by Gasteiger charge is 2.10. The van der Waals surface area contributed by atoms with E-state index in [1.807, 2.05) is 25.1 Å². The van der Waals surface area contributed by atoms with Gasteiger partial charge in [-0.25, -0.2) is 0 Å². The first kappa shape index (κ1) is 12.2. The number of aryl methyl sites for hydroxylation is 1. The molecule has 3 rings (SSSR count). The Hall–Kier alpha value is -1.88. The van der Waals surface area contributed by atoms with Gasteiger partial charge in [-0.1, -0.05) is 15.9 Å². The average Bonchev–Trinajstić information content (AvgIpc) is 2.83. The maximum absolute atomic E-state index is 13.7. The van der Waals surface area contributed by atoms with Crippen molar-refractivity contribution in [2.24, 2.45) is 0 Å². The number of hydrogen-bond donors (Lipinski definition) is 0. The number of hydrogen-bond acceptors (Lipinski definition) is 1. The fourth-order valence-electron chi connectivity index (χ4n) is 2.11. The molecule has 0 saturated heterocycles. The average molecular weight is 321 g/mol. The predicted molar refractivity (Wildman–Crippen MR) is 75.4 cm³/mol. The van der Waals surface area contributed by atoms with Gasteiger partial charge in [-0.05, 0) is 42.8 Å². The van der Waals surface area contributed by atoms with Gasteiger partial charge in [0.15, 0.2) is 0 Å². The van der Waals surface area contributed by atoms with Crippen molar-refractivity contribution in [1.82, 2.24) is 8.97 Å². The van der Waals surface area contributed by atoms with Crippen LogP contribution >= 0.6 is 15.9 Å². The summed E-state index contributed by atoms with van der Waals surface area (Å²) in [6.07, 6.45) is 1.59. The van der Waals surface area contributed by atoms with E-state index in [2.05, 4.69) is 15.9 Å². The molecule has 0 amide bonds. The molecule has 0 aliphatic heterocycles. The molecule has 1 aromatic carbocycles. The predicted octanol–water partition coefficient (Wildman–Crippen LogP) is 3.30. The van der Waals surface area contributed by atoms with E-state index in [0.717, 1.165) is 21.8 Å². The summed E-state index contributed by atoms with van der Waals surface area (Å²) in [5, 5.41) is 0. The topological polar surface area (TPSA) is 26.4 Å². The molecule has 3 nitrogen and oxygen atoms in total. The summed E-state index contributed by atoms with van der Waals surface area (Å²) in [7, 11) is 0. The van der Waals surface area contributed by atoms with Gasteiger partial charge in [0.25, 0.3) is 5.56 Å². The van der Waals surface area contributed by atoms with Gasteiger partial charge in [-0.2, -0.15) is 4.39 Å². The van der Waals surface area contributed by atoms with E-state index >= 15 is 0 Å². The lowest BCUT2D eigenvalue weighted by atomic mass is 10.2. The highest BCUT2D eigenvalue weighted by Crippen LogP contribution is 2.20. The Morgan fingerprint density at radius 2 is 2.00 bits per heavy atom. The van der Waals surface area contributed by atoms with Crippen molar-refractivity contribution in [2.75, 3.05) is 0 Å². The largest absolute Gasteiger partial charge is 0.279 e. The maximum atomic E-state index is 13.7. The Kier molecular flexibility index (Phi) is 2.78. The molecule has 0 unspecified atom stereocenters. The van der Waals surface area contributed by atoms with Gasteiger partial charge in [0.05, 0.1) is 11.8 Å². The van der Waals surface area contributed by atoms with E-state index in [0.29, 0.717) is 5.65 Å². The van der Waals surface area contributed by atoms with Gasteiger partial charge in [0.1, 0.15) is 5.65 Å². The number of rotatable bonds is 1. The lowest BCUT2D eigenvalue weighted by molar-refractivity contribution is 0.559. The molecule has 2 aromatic heterocycles. The smallest absolute Gasteiger partial charge is 0.261 e. The molecule has 0 atom stereocenters. The lowest BCUT2D eigenvalue weighted by Crippen LogP contribution is -2.21. The highest BCUT2D eigenvalue weighted by molar-refractivity contribution is 9.10. The molecule has 0 radical (unpaired) electrons. The Balaban J connectivity index is 2.39. The Morgan fingerprint density at radius 3 is 2.74 bits per heavy atom.